The first kappa shape index (κ1) is 22.9. The minimum Gasteiger partial charge on any atom is -0.356 e. The zero-order chi connectivity index (χ0) is 7.15. The van der Waals surface area contributed by atoms with Gasteiger partial charge in [-0.05, 0) is 0 Å². The first-order valence-electron chi connectivity index (χ1n) is 1.10. The van der Waals surface area contributed by atoms with Crippen LogP contribution in [-0.2, 0) is 17.1 Å². The standard InChI is InChI=1S/ClH.Fe.2NO3/c;;2*2-1(3)4/h1H;;;/q;+2;2*-1. The van der Waals surface area contributed by atoms with Gasteiger partial charge in [0.1, 0.15) is 0 Å². The van der Waals surface area contributed by atoms with Crippen LogP contribution >= 0.6 is 12.4 Å². The molecule has 10 heteroatoms. The molecule has 0 spiro atoms. The van der Waals surface area contributed by atoms with Crippen molar-refractivity contribution in [2.24, 2.45) is 0 Å². The van der Waals surface area contributed by atoms with Gasteiger partial charge in [0.15, 0.2) is 0 Å². The maximum absolute atomic E-state index is 8.25. The summed E-state index contributed by atoms with van der Waals surface area (Å²) in [7, 11) is 0. The number of halogens is 1. The molecule has 0 aliphatic rings. The predicted octanol–water partition coefficient (Wildman–Crippen LogP) is -0.0589. The minimum atomic E-state index is -1.75. The van der Waals surface area contributed by atoms with Crippen LogP contribution in [0.25, 0.3) is 0 Å². The van der Waals surface area contributed by atoms with Crippen molar-refractivity contribution < 1.29 is 27.2 Å². The summed E-state index contributed by atoms with van der Waals surface area (Å²) in [5.74, 6) is 0. The van der Waals surface area contributed by atoms with Crippen LogP contribution in [-0.4, -0.2) is 10.2 Å². The van der Waals surface area contributed by atoms with Crippen molar-refractivity contribution in [1.82, 2.24) is 0 Å². The second-order valence-electron chi connectivity index (χ2n) is 0.447. The number of nitrogens with zero attached hydrogens (tertiary/aromatic N) is 2. The van der Waals surface area contributed by atoms with Gasteiger partial charge in [-0.3, -0.25) is 0 Å². The molecule has 0 saturated heterocycles. The molecule has 0 aromatic heterocycles. The molecule has 8 nitrogen and oxygen atoms in total. The molecule has 0 atom stereocenters. The molecule has 0 N–H and O–H groups in total. The molecule has 0 fully saturated rings. The van der Waals surface area contributed by atoms with E-state index in [9.17, 15) is 0 Å². The van der Waals surface area contributed by atoms with Gasteiger partial charge in [0.25, 0.3) is 0 Å². The van der Waals surface area contributed by atoms with Gasteiger partial charge in [0.05, 0.1) is 10.2 Å². The first-order chi connectivity index (χ1) is 3.46. The predicted molar refractivity (Wildman–Crippen MR) is 28.0 cm³/mol. The zero-order valence-electron chi connectivity index (χ0n) is 4.11. The van der Waals surface area contributed by atoms with Gasteiger partial charge in [-0.1, -0.05) is 0 Å². The summed E-state index contributed by atoms with van der Waals surface area (Å²) in [6.45, 7) is 0. The van der Waals surface area contributed by atoms with Crippen LogP contribution in [0.2, 0.25) is 0 Å². The second-order valence-corrected chi connectivity index (χ2v) is 0.447. The molecule has 0 aliphatic carbocycles. The molecule has 0 aromatic carbocycles. The summed E-state index contributed by atoms with van der Waals surface area (Å²) in [4.78, 5) is 16.5. The van der Waals surface area contributed by atoms with Crippen molar-refractivity contribution in [1.29, 1.82) is 0 Å². The van der Waals surface area contributed by atoms with Crippen LogP contribution in [0.3, 0.4) is 0 Å². The normalized spacial score (nSPS) is 4.80. The van der Waals surface area contributed by atoms with E-state index in [2.05, 4.69) is 0 Å². The molecule has 0 unspecified atom stereocenters. The largest absolute Gasteiger partial charge is 2.00 e. The van der Waals surface area contributed by atoms with Gasteiger partial charge in [-0.25, -0.2) is 0 Å². The average molecular weight is 216 g/mol. The summed E-state index contributed by atoms with van der Waals surface area (Å²) in [6.07, 6.45) is 0. The third-order valence-electron chi connectivity index (χ3n) is 0. The Morgan fingerprint density at radius 2 is 0.800 bits per heavy atom. The van der Waals surface area contributed by atoms with Gasteiger partial charge in [0, 0.05) is 0 Å². The fourth-order valence-electron chi connectivity index (χ4n) is 0. The Morgan fingerprint density at radius 3 is 0.800 bits per heavy atom. The molecule has 62 valence electrons. The second kappa shape index (κ2) is 15.7. The Hall–Kier alpha value is -0.791. The van der Waals surface area contributed by atoms with E-state index in [1.165, 1.54) is 0 Å². The molecular formula is HClFeN2O6. The maximum atomic E-state index is 8.25. The van der Waals surface area contributed by atoms with E-state index in [0.717, 1.165) is 0 Å². The summed E-state index contributed by atoms with van der Waals surface area (Å²) in [5.41, 5.74) is 0. The Labute approximate surface area is 70.9 Å². The van der Waals surface area contributed by atoms with E-state index >= 15 is 0 Å². The van der Waals surface area contributed by atoms with Crippen molar-refractivity contribution in [2.75, 3.05) is 0 Å². The van der Waals surface area contributed by atoms with Crippen molar-refractivity contribution in [2.45, 2.75) is 0 Å². The van der Waals surface area contributed by atoms with E-state index in [1.54, 1.807) is 0 Å². The molecule has 0 aliphatic heterocycles. The van der Waals surface area contributed by atoms with Crippen LogP contribution in [0.5, 0.6) is 0 Å². The fourth-order valence-corrected chi connectivity index (χ4v) is 0. The van der Waals surface area contributed by atoms with E-state index in [0.29, 0.717) is 0 Å². The summed E-state index contributed by atoms with van der Waals surface area (Å²) in [6, 6.07) is 0. The van der Waals surface area contributed by atoms with Crippen molar-refractivity contribution >= 4 is 12.4 Å². The first-order valence-corrected chi connectivity index (χ1v) is 1.10. The molecule has 0 heterocycles. The van der Waals surface area contributed by atoms with Crippen molar-refractivity contribution in [3.8, 4) is 0 Å². The molecular weight excluding hydrogens is 215 g/mol. The SMILES string of the molecule is Cl.O=[N+]([O-])[O-].O=[N+]([O-])[O-].[Fe+2]. The van der Waals surface area contributed by atoms with Gasteiger partial charge in [-0.15, -0.1) is 12.4 Å². The molecule has 0 aromatic rings. The van der Waals surface area contributed by atoms with Crippen LogP contribution in [0, 0.1) is 30.6 Å². The van der Waals surface area contributed by atoms with Gasteiger partial charge in [0.2, 0.25) is 0 Å². The fraction of sp³-hybridized carbons (Fsp3) is 0. The molecule has 0 radical (unpaired) electrons. The zero-order valence-corrected chi connectivity index (χ0v) is 6.03. The molecule has 0 bridgehead atoms. The van der Waals surface area contributed by atoms with Crippen molar-refractivity contribution in [3.63, 3.8) is 0 Å². The van der Waals surface area contributed by atoms with Crippen LogP contribution < -0.4 is 0 Å². The number of hydrogen-bond acceptors (Lipinski definition) is 6. The third-order valence-corrected chi connectivity index (χ3v) is 0. The Balaban J connectivity index is -0.0000000300. The van der Waals surface area contributed by atoms with E-state index in [-0.39, 0.29) is 29.5 Å². The Kier molecular flexibility index (Phi) is 36.0. The van der Waals surface area contributed by atoms with Gasteiger partial charge < -0.3 is 30.6 Å². The molecule has 0 saturated carbocycles. The quantitative estimate of drug-likeness (QED) is 0.316. The summed E-state index contributed by atoms with van der Waals surface area (Å²) < 4.78 is 0. The molecule has 10 heavy (non-hydrogen) atoms. The number of rotatable bonds is 0. The Bertz CT molecular complexity index is 73.7. The average Bonchev–Trinajstić information content (AvgIpc) is 1.25. The minimum absolute atomic E-state index is 0. The Morgan fingerprint density at radius 1 is 0.800 bits per heavy atom. The van der Waals surface area contributed by atoms with E-state index in [4.69, 9.17) is 30.6 Å². The van der Waals surface area contributed by atoms with Crippen LogP contribution in [0.15, 0.2) is 0 Å². The summed E-state index contributed by atoms with van der Waals surface area (Å²) >= 11 is 0. The van der Waals surface area contributed by atoms with E-state index in [1.807, 2.05) is 0 Å². The summed E-state index contributed by atoms with van der Waals surface area (Å²) in [5, 5.41) is 29.5. The topological polar surface area (TPSA) is 132 Å². The van der Waals surface area contributed by atoms with Gasteiger partial charge >= 0.3 is 17.1 Å². The van der Waals surface area contributed by atoms with Gasteiger partial charge in [-0.2, -0.15) is 0 Å². The number of hydrogen-bond donors (Lipinski definition) is 0. The molecule has 0 rings (SSSR count). The maximum Gasteiger partial charge on any atom is 2.00 e. The third kappa shape index (κ3) is 445. The molecule has 0 amide bonds. The van der Waals surface area contributed by atoms with Crippen molar-refractivity contribution in [3.05, 3.63) is 30.6 Å². The smallest absolute Gasteiger partial charge is 0.356 e. The van der Waals surface area contributed by atoms with Crippen LogP contribution in [0.1, 0.15) is 0 Å². The van der Waals surface area contributed by atoms with E-state index < -0.39 is 10.2 Å². The van der Waals surface area contributed by atoms with Crippen LogP contribution in [0.4, 0.5) is 0 Å². The monoisotopic (exact) mass is 216 g/mol.